The number of hydrogen-bond donors (Lipinski definition) is 3. The molecule has 1 aromatic carbocycles. The minimum absolute atomic E-state index is 0.337. The molecule has 0 radical (unpaired) electrons. The van der Waals surface area contributed by atoms with Gasteiger partial charge in [0.25, 0.3) is 0 Å². The van der Waals surface area contributed by atoms with Crippen molar-refractivity contribution in [2.24, 2.45) is 0 Å². The van der Waals surface area contributed by atoms with Crippen molar-refractivity contribution in [3.8, 4) is 11.5 Å². The maximum atomic E-state index is 12.6. The molecule has 1 atom stereocenters. The number of carbonyl (C=O) groups is 2. The Labute approximate surface area is 158 Å². The van der Waals surface area contributed by atoms with E-state index in [0.29, 0.717) is 29.3 Å². The number of benzene rings is 1. The lowest BCUT2D eigenvalue weighted by Gasteiger charge is -2.30. The van der Waals surface area contributed by atoms with E-state index in [1.54, 1.807) is 32.4 Å². The Balaban J connectivity index is 2.02. The second-order valence-corrected chi connectivity index (χ2v) is 6.66. The topological polar surface area (TPSA) is 90.3 Å². The van der Waals surface area contributed by atoms with E-state index in [1.165, 1.54) is 12.0 Å². The summed E-state index contributed by atoms with van der Waals surface area (Å²) in [4.78, 5) is 26.2. The average molecular weight is 376 g/mol. The summed E-state index contributed by atoms with van der Waals surface area (Å²) in [6.45, 7) is 2.65. The van der Waals surface area contributed by atoms with Gasteiger partial charge < -0.3 is 29.7 Å². The molecule has 0 bridgehead atoms. The minimum atomic E-state index is -0.622. The highest BCUT2D eigenvalue weighted by molar-refractivity contribution is 5.95. The molecule has 8 heteroatoms. The zero-order chi connectivity index (χ0) is 19.4. The maximum Gasteiger partial charge on any atom is 0.338 e. The quantitative estimate of drug-likeness (QED) is 0.616. The number of urea groups is 1. The van der Waals surface area contributed by atoms with Gasteiger partial charge in [-0.05, 0) is 17.7 Å². The molecule has 2 aliphatic rings. The van der Waals surface area contributed by atoms with Crippen molar-refractivity contribution in [2.75, 3.05) is 41.0 Å². The van der Waals surface area contributed by atoms with Crippen LogP contribution >= 0.6 is 0 Å². The maximum absolute atomic E-state index is 12.6. The fourth-order valence-corrected chi connectivity index (χ4v) is 3.69. The van der Waals surface area contributed by atoms with Crippen LogP contribution in [0.4, 0.5) is 4.79 Å². The number of likely N-dealkylation sites (tertiary alicyclic amines) is 1. The van der Waals surface area contributed by atoms with Gasteiger partial charge in [-0.2, -0.15) is 0 Å². The van der Waals surface area contributed by atoms with Gasteiger partial charge in [-0.1, -0.05) is 6.07 Å². The summed E-state index contributed by atoms with van der Waals surface area (Å²) in [5.74, 6) is 0.640. The Morgan fingerprint density at radius 3 is 2.48 bits per heavy atom. The van der Waals surface area contributed by atoms with Crippen LogP contribution < -0.4 is 25.0 Å². The van der Waals surface area contributed by atoms with E-state index in [4.69, 9.17) is 14.2 Å². The van der Waals surface area contributed by atoms with Crippen LogP contribution in [0.1, 0.15) is 24.4 Å². The van der Waals surface area contributed by atoms with Crippen molar-refractivity contribution in [1.82, 2.24) is 10.6 Å². The molecule has 3 N–H and O–H groups in total. The molecule has 0 aromatic heterocycles. The standard InChI is InChI=1S/C19H25N3O5/c1-25-14-7-6-12(10-15(14)26-2)17-16(18(23)27-3)13(20-19(24)21-17)11-22-8-4-5-9-22/h6-7,10,17H,4-5,8-9,11H2,1-3H3,(H2,20,21,24)/p+1/t17-/m1/s1. The second-order valence-electron chi connectivity index (χ2n) is 6.66. The van der Waals surface area contributed by atoms with Crippen molar-refractivity contribution in [3.63, 3.8) is 0 Å². The predicted molar refractivity (Wildman–Crippen MR) is 97.8 cm³/mol. The van der Waals surface area contributed by atoms with Crippen molar-refractivity contribution in [1.29, 1.82) is 0 Å². The van der Waals surface area contributed by atoms with Crippen LogP contribution in [0.25, 0.3) is 0 Å². The molecule has 0 saturated carbocycles. The lowest BCUT2D eigenvalue weighted by atomic mass is 9.94. The Morgan fingerprint density at radius 1 is 1.15 bits per heavy atom. The lowest BCUT2D eigenvalue weighted by Crippen LogP contribution is -3.10. The summed E-state index contributed by atoms with van der Waals surface area (Å²) in [6, 6.07) is 4.36. The first-order chi connectivity index (χ1) is 13.1. The first kappa shape index (κ1) is 19.0. The third-order valence-corrected chi connectivity index (χ3v) is 5.04. The molecule has 2 amide bonds. The van der Waals surface area contributed by atoms with Crippen LogP contribution in [-0.4, -0.2) is 53.0 Å². The smallest absolute Gasteiger partial charge is 0.338 e. The van der Waals surface area contributed by atoms with Crippen LogP contribution in [-0.2, 0) is 9.53 Å². The summed E-state index contributed by atoms with van der Waals surface area (Å²) < 4.78 is 15.7. The molecule has 0 unspecified atom stereocenters. The van der Waals surface area contributed by atoms with E-state index < -0.39 is 12.0 Å². The van der Waals surface area contributed by atoms with E-state index in [2.05, 4.69) is 10.6 Å². The predicted octanol–water partition coefficient (Wildman–Crippen LogP) is 0.164. The lowest BCUT2D eigenvalue weighted by molar-refractivity contribution is -0.882. The van der Waals surface area contributed by atoms with Crippen LogP contribution in [0.3, 0.4) is 0 Å². The van der Waals surface area contributed by atoms with Crippen molar-refractivity contribution >= 4 is 12.0 Å². The molecule has 0 spiro atoms. The van der Waals surface area contributed by atoms with Gasteiger partial charge in [0.15, 0.2) is 11.5 Å². The monoisotopic (exact) mass is 376 g/mol. The number of esters is 1. The molecule has 0 aliphatic carbocycles. The van der Waals surface area contributed by atoms with Gasteiger partial charge in [0.2, 0.25) is 0 Å². The first-order valence-electron chi connectivity index (χ1n) is 9.01. The summed E-state index contributed by atoms with van der Waals surface area (Å²) >= 11 is 0. The Hall–Kier alpha value is -2.74. The van der Waals surface area contributed by atoms with Crippen molar-refractivity contribution in [2.45, 2.75) is 18.9 Å². The second kappa shape index (κ2) is 8.30. The molecular weight excluding hydrogens is 350 g/mol. The highest BCUT2D eigenvalue weighted by Crippen LogP contribution is 2.34. The van der Waals surface area contributed by atoms with Gasteiger partial charge in [0.1, 0.15) is 6.54 Å². The number of hydrogen-bond acceptors (Lipinski definition) is 5. The van der Waals surface area contributed by atoms with Crippen molar-refractivity contribution in [3.05, 3.63) is 35.0 Å². The Bertz CT molecular complexity index is 756. The van der Waals surface area contributed by atoms with Gasteiger partial charge in [-0.15, -0.1) is 0 Å². The molecule has 1 saturated heterocycles. The van der Waals surface area contributed by atoms with E-state index in [1.807, 2.05) is 0 Å². The molecule has 8 nitrogen and oxygen atoms in total. The fourth-order valence-electron chi connectivity index (χ4n) is 3.69. The zero-order valence-corrected chi connectivity index (χ0v) is 15.9. The van der Waals surface area contributed by atoms with E-state index in [9.17, 15) is 9.59 Å². The normalized spacial score (nSPS) is 20.1. The molecule has 1 aromatic rings. The number of rotatable bonds is 6. The molecule has 146 valence electrons. The highest BCUT2D eigenvalue weighted by atomic mass is 16.5. The van der Waals surface area contributed by atoms with E-state index >= 15 is 0 Å². The van der Waals surface area contributed by atoms with Crippen LogP contribution in [0.15, 0.2) is 29.5 Å². The van der Waals surface area contributed by atoms with E-state index in [-0.39, 0.29) is 6.03 Å². The minimum Gasteiger partial charge on any atom is -0.493 e. The van der Waals surface area contributed by atoms with Gasteiger partial charge in [0, 0.05) is 12.8 Å². The average Bonchev–Trinajstić information content (AvgIpc) is 3.19. The molecule has 3 rings (SSSR count). The van der Waals surface area contributed by atoms with Gasteiger partial charge in [0.05, 0.1) is 51.7 Å². The molecule has 2 heterocycles. The largest absolute Gasteiger partial charge is 0.493 e. The third kappa shape index (κ3) is 4.00. The summed E-state index contributed by atoms with van der Waals surface area (Å²) in [7, 11) is 4.44. The van der Waals surface area contributed by atoms with Gasteiger partial charge in [-0.25, -0.2) is 9.59 Å². The summed E-state index contributed by atoms with van der Waals surface area (Å²) in [5, 5.41) is 5.64. The van der Waals surface area contributed by atoms with Crippen LogP contribution in [0.2, 0.25) is 0 Å². The highest BCUT2D eigenvalue weighted by Gasteiger charge is 2.35. The van der Waals surface area contributed by atoms with Crippen LogP contribution in [0.5, 0.6) is 11.5 Å². The van der Waals surface area contributed by atoms with Gasteiger partial charge >= 0.3 is 12.0 Å². The number of methoxy groups -OCH3 is 3. The number of quaternary nitrogens is 1. The van der Waals surface area contributed by atoms with E-state index in [0.717, 1.165) is 31.5 Å². The molecule has 27 heavy (non-hydrogen) atoms. The van der Waals surface area contributed by atoms with Gasteiger partial charge in [-0.3, -0.25) is 0 Å². The number of carbonyl (C=O) groups excluding carboxylic acids is 2. The third-order valence-electron chi connectivity index (χ3n) is 5.04. The van der Waals surface area contributed by atoms with Crippen LogP contribution in [0, 0.1) is 0 Å². The molecular formula is C19H26N3O5+. The Kier molecular flexibility index (Phi) is 5.85. The van der Waals surface area contributed by atoms with Crippen molar-refractivity contribution < 1.29 is 28.7 Å². The summed E-state index contributed by atoms with van der Waals surface area (Å²) in [5.41, 5.74) is 1.75. The number of amides is 2. The summed E-state index contributed by atoms with van der Waals surface area (Å²) in [6.07, 6.45) is 2.31. The molecule has 1 fully saturated rings. The SMILES string of the molecule is COC(=O)C1=C(C[NH+]2CCCC2)NC(=O)N[C@@H]1c1ccc(OC)c(OC)c1. The number of ether oxygens (including phenoxy) is 3. The number of nitrogens with one attached hydrogen (secondary N) is 3. The molecule has 2 aliphatic heterocycles. The zero-order valence-electron chi connectivity index (χ0n) is 15.9. The fraction of sp³-hybridized carbons (Fsp3) is 0.474. The first-order valence-corrected chi connectivity index (χ1v) is 9.01. The Morgan fingerprint density at radius 2 is 1.85 bits per heavy atom.